The molecular weight excluding hydrogens is 102 g/mol. The normalized spacial score (nSPS) is 27.4. The van der Waals surface area contributed by atoms with Gasteiger partial charge in [0, 0.05) is 12.5 Å². The first kappa shape index (κ1) is 5.60. The second kappa shape index (κ2) is 1.77. The first-order chi connectivity index (χ1) is 3.70. The van der Waals surface area contributed by atoms with Crippen LogP contribution in [-0.4, -0.2) is 11.9 Å². The van der Waals surface area contributed by atoms with E-state index in [9.17, 15) is 4.79 Å². The molecule has 1 amide bonds. The van der Waals surface area contributed by atoms with E-state index in [1.807, 2.05) is 0 Å². The predicted molar refractivity (Wildman–Crippen MR) is 31.4 cm³/mol. The molecule has 1 heterocycles. The third kappa shape index (κ3) is 0.831. The van der Waals surface area contributed by atoms with Crippen LogP contribution in [0, 0.1) is 5.92 Å². The van der Waals surface area contributed by atoms with Crippen molar-refractivity contribution < 1.29 is 4.79 Å². The molecule has 46 valence electrons. The molecule has 0 spiro atoms. The molecule has 1 unspecified atom stereocenters. The maximum Gasteiger partial charge on any atom is 0.222 e. The van der Waals surface area contributed by atoms with E-state index in [2.05, 4.69) is 19.2 Å². The first-order valence-corrected chi connectivity index (χ1v) is 2.99. The highest BCUT2D eigenvalue weighted by atomic mass is 16.2. The summed E-state index contributed by atoms with van der Waals surface area (Å²) >= 11 is 0. The highest BCUT2D eigenvalue weighted by Gasteiger charge is 2.27. The Morgan fingerprint density at radius 2 is 2.25 bits per heavy atom. The van der Waals surface area contributed by atoms with Crippen LogP contribution in [0.5, 0.6) is 0 Å². The van der Waals surface area contributed by atoms with Gasteiger partial charge >= 0.3 is 0 Å². The van der Waals surface area contributed by atoms with E-state index in [4.69, 9.17) is 0 Å². The van der Waals surface area contributed by atoms with Gasteiger partial charge in [0.2, 0.25) is 5.91 Å². The lowest BCUT2D eigenvalue weighted by Crippen LogP contribution is -2.51. The van der Waals surface area contributed by atoms with Crippen molar-refractivity contribution in [2.24, 2.45) is 5.92 Å². The summed E-state index contributed by atoms with van der Waals surface area (Å²) < 4.78 is 0. The number of hydrogen-bond acceptors (Lipinski definition) is 1. The van der Waals surface area contributed by atoms with Crippen LogP contribution in [-0.2, 0) is 4.79 Å². The van der Waals surface area contributed by atoms with Crippen LogP contribution in [0.3, 0.4) is 0 Å². The fraction of sp³-hybridized carbons (Fsp3) is 0.833. The lowest BCUT2D eigenvalue weighted by molar-refractivity contribution is -0.129. The SMILES string of the molecule is CC(C)C1CC(=O)N1. The molecule has 1 saturated heterocycles. The summed E-state index contributed by atoms with van der Waals surface area (Å²) in [6, 6.07) is 0.461. The monoisotopic (exact) mass is 113 g/mol. The number of carbonyl (C=O) groups excluding carboxylic acids is 1. The summed E-state index contributed by atoms with van der Waals surface area (Å²) in [5.74, 6) is 0.802. The van der Waals surface area contributed by atoms with Crippen LogP contribution >= 0.6 is 0 Å². The Kier molecular flexibility index (Phi) is 1.24. The van der Waals surface area contributed by atoms with Crippen molar-refractivity contribution in [2.45, 2.75) is 26.3 Å². The minimum Gasteiger partial charge on any atom is -0.353 e. The van der Waals surface area contributed by atoms with Gasteiger partial charge in [0.15, 0.2) is 0 Å². The zero-order chi connectivity index (χ0) is 6.15. The van der Waals surface area contributed by atoms with E-state index < -0.39 is 0 Å². The van der Waals surface area contributed by atoms with E-state index in [-0.39, 0.29) is 5.91 Å². The van der Waals surface area contributed by atoms with Crippen molar-refractivity contribution in [1.29, 1.82) is 0 Å². The van der Waals surface area contributed by atoms with Gasteiger partial charge in [0.1, 0.15) is 0 Å². The van der Waals surface area contributed by atoms with Gasteiger partial charge in [0.25, 0.3) is 0 Å². The molecule has 1 rings (SSSR count). The van der Waals surface area contributed by atoms with Crippen molar-refractivity contribution in [3.63, 3.8) is 0 Å². The molecule has 0 aromatic heterocycles. The molecular formula is C6H11NO. The zero-order valence-electron chi connectivity index (χ0n) is 5.27. The topological polar surface area (TPSA) is 29.1 Å². The van der Waals surface area contributed by atoms with Gasteiger partial charge in [-0.15, -0.1) is 0 Å². The Hall–Kier alpha value is -0.530. The average molecular weight is 113 g/mol. The predicted octanol–water partition coefficient (Wildman–Crippen LogP) is 0.531. The Labute approximate surface area is 49.3 Å². The van der Waals surface area contributed by atoms with E-state index in [0.717, 1.165) is 6.42 Å². The van der Waals surface area contributed by atoms with Gasteiger partial charge in [-0.1, -0.05) is 13.8 Å². The minimum atomic E-state index is 0.198. The second-order valence-electron chi connectivity index (χ2n) is 2.62. The number of rotatable bonds is 1. The average Bonchev–Trinajstić information content (AvgIpc) is 1.57. The van der Waals surface area contributed by atoms with Crippen molar-refractivity contribution in [3.05, 3.63) is 0 Å². The van der Waals surface area contributed by atoms with Crippen LogP contribution in [0.15, 0.2) is 0 Å². The van der Waals surface area contributed by atoms with E-state index in [1.54, 1.807) is 0 Å². The lowest BCUT2D eigenvalue weighted by Gasteiger charge is -2.29. The third-order valence-corrected chi connectivity index (χ3v) is 1.56. The molecule has 1 fully saturated rings. The van der Waals surface area contributed by atoms with Gasteiger partial charge in [-0.05, 0) is 5.92 Å². The van der Waals surface area contributed by atoms with E-state index >= 15 is 0 Å². The molecule has 1 atom stereocenters. The summed E-state index contributed by atoms with van der Waals surface area (Å²) in [6.45, 7) is 4.23. The van der Waals surface area contributed by atoms with Crippen molar-refractivity contribution in [2.75, 3.05) is 0 Å². The van der Waals surface area contributed by atoms with Crippen LogP contribution in [0.25, 0.3) is 0 Å². The lowest BCUT2D eigenvalue weighted by atomic mass is 9.95. The van der Waals surface area contributed by atoms with Crippen LogP contribution in [0.4, 0.5) is 0 Å². The largest absolute Gasteiger partial charge is 0.353 e. The summed E-state index contributed by atoms with van der Waals surface area (Å²) in [5, 5.41) is 2.80. The molecule has 0 aromatic carbocycles. The smallest absolute Gasteiger partial charge is 0.222 e. The fourth-order valence-corrected chi connectivity index (χ4v) is 0.788. The first-order valence-electron chi connectivity index (χ1n) is 2.99. The van der Waals surface area contributed by atoms with Crippen LogP contribution < -0.4 is 5.32 Å². The van der Waals surface area contributed by atoms with Crippen LogP contribution in [0.1, 0.15) is 20.3 Å². The van der Waals surface area contributed by atoms with Crippen LogP contribution in [0.2, 0.25) is 0 Å². The molecule has 0 bridgehead atoms. The number of nitrogens with one attached hydrogen (secondary N) is 1. The molecule has 0 radical (unpaired) electrons. The fourth-order valence-electron chi connectivity index (χ4n) is 0.788. The number of amides is 1. The summed E-state index contributed by atoms with van der Waals surface area (Å²) in [6.07, 6.45) is 0.734. The van der Waals surface area contributed by atoms with Gasteiger partial charge in [-0.25, -0.2) is 0 Å². The molecule has 0 aliphatic carbocycles. The van der Waals surface area contributed by atoms with E-state index in [1.165, 1.54) is 0 Å². The second-order valence-corrected chi connectivity index (χ2v) is 2.62. The molecule has 1 aliphatic rings. The van der Waals surface area contributed by atoms with Gasteiger partial charge in [-0.3, -0.25) is 4.79 Å². The number of β-lactam (4-membered cyclic amide) rings is 1. The Balaban J connectivity index is 2.25. The van der Waals surface area contributed by atoms with Gasteiger partial charge in [0.05, 0.1) is 0 Å². The molecule has 2 nitrogen and oxygen atoms in total. The minimum absolute atomic E-state index is 0.198. The summed E-state index contributed by atoms with van der Waals surface area (Å²) in [4.78, 5) is 10.3. The quantitative estimate of drug-likeness (QED) is 0.494. The zero-order valence-corrected chi connectivity index (χ0v) is 5.27. The Morgan fingerprint density at radius 3 is 2.38 bits per heavy atom. The third-order valence-electron chi connectivity index (χ3n) is 1.56. The molecule has 8 heavy (non-hydrogen) atoms. The standard InChI is InChI=1S/C6H11NO/c1-4(2)5-3-6(8)7-5/h4-5H,3H2,1-2H3,(H,7,8). The highest BCUT2D eigenvalue weighted by molar-refractivity contribution is 5.82. The van der Waals surface area contributed by atoms with Crippen molar-refractivity contribution >= 4 is 5.91 Å². The number of carbonyl (C=O) groups is 1. The molecule has 1 N–H and O–H groups in total. The molecule has 1 aliphatic heterocycles. The maximum atomic E-state index is 10.3. The van der Waals surface area contributed by atoms with Gasteiger partial charge in [-0.2, -0.15) is 0 Å². The number of hydrogen-bond donors (Lipinski definition) is 1. The molecule has 0 aromatic rings. The highest BCUT2D eigenvalue weighted by Crippen LogP contribution is 2.12. The van der Waals surface area contributed by atoms with Gasteiger partial charge < -0.3 is 5.32 Å². The Morgan fingerprint density at radius 1 is 1.75 bits per heavy atom. The van der Waals surface area contributed by atoms with E-state index in [0.29, 0.717) is 12.0 Å². The maximum absolute atomic E-state index is 10.3. The molecule has 0 saturated carbocycles. The Bertz CT molecular complexity index is 101. The van der Waals surface area contributed by atoms with Crippen molar-refractivity contribution in [3.8, 4) is 0 Å². The molecule has 2 heteroatoms. The summed E-state index contributed by atoms with van der Waals surface area (Å²) in [7, 11) is 0. The van der Waals surface area contributed by atoms with Crippen molar-refractivity contribution in [1.82, 2.24) is 5.32 Å². The summed E-state index contributed by atoms with van der Waals surface area (Å²) in [5.41, 5.74) is 0.